The molecule has 0 unspecified atom stereocenters. The quantitative estimate of drug-likeness (QED) is 0.597. The molecule has 19 heavy (non-hydrogen) atoms. The molecule has 0 radical (unpaired) electrons. The first-order valence-electron chi connectivity index (χ1n) is 5.77. The first kappa shape index (κ1) is 16.4. The predicted molar refractivity (Wildman–Crippen MR) is 76.6 cm³/mol. The molecule has 0 N–H and O–H groups in total. The molecule has 0 atom stereocenters. The molecule has 106 valence electrons. The van der Waals surface area contributed by atoms with E-state index in [2.05, 4.69) is 0 Å². The lowest BCUT2D eigenvalue weighted by Gasteiger charge is -2.19. The van der Waals surface area contributed by atoms with Gasteiger partial charge in [0.1, 0.15) is 4.90 Å². The lowest BCUT2D eigenvalue weighted by molar-refractivity contribution is 0.102. The molecular weight excluding hydrogens is 309 g/mol. The molecule has 0 heterocycles. The Morgan fingerprint density at radius 3 is 2.32 bits per heavy atom. The molecule has 0 aromatic heterocycles. The van der Waals surface area contributed by atoms with E-state index in [0.29, 0.717) is 13.1 Å². The fraction of sp³-hybridized carbons (Fsp3) is 0.417. The summed E-state index contributed by atoms with van der Waals surface area (Å²) in [4.78, 5) is 11.5. The van der Waals surface area contributed by atoms with Gasteiger partial charge in [-0.05, 0) is 18.2 Å². The maximum Gasteiger partial charge on any atom is 0.244 e. The van der Waals surface area contributed by atoms with Gasteiger partial charge >= 0.3 is 0 Å². The number of Topliss-reactive ketones (excluding diaryl/α,β-unsaturated/α-hetero) is 1. The minimum absolute atomic E-state index is 0.0613. The molecule has 0 amide bonds. The van der Waals surface area contributed by atoms with Crippen LogP contribution in [0.2, 0.25) is 5.02 Å². The second-order valence-corrected chi connectivity index (χ2v) is 6.37. The van der Waals surface area contributed by atoms with Crippen LogP contribution in [-0.2, 0) is 10.0 Å². The summed E-state index contributed by atoms with van der Waals surface area (Å²) < 4.78 is 26.0. The fourth-order valence-electron chi connectivity index (χ4n) is 1.65. The average molecular weight is 324 g/mol. The zero-order chi connectivity index (χ0) is 14.6. The zero-order valence-corrected chi connectivity index (χ0v) is 13.0. The van der Waals surface area contributed by atoms with Gasteiger partial charge in [0.05, 0.1) is 10.9 Å². The molecule has 0 saturated heterocycles. The number of carbonyl (C=O) groups excluding carboxylic acids is 1. The van der Waals surface area contributed by atoms with Crippen molar-refractivity contribution in [3.05, 3.63) is 28.8 Å². The average Bonchev–Trinajstić information content (AvgIpc) is 2.39. The van der Waals surface area contributed by atoms with E-state index in [1.807, 2.05) is 0 Å². The van der Waals surface area contributed by atoms with E-state index < -0.39 is 10.0 Å². The minimum Gasteiger partial charge on any atom is -0.293 e. The Hall–Kier alpha value is -0.620. The molecule has 0 aliphatic heterocycles. The first-order valence-corrected chi connectivity index (χ1v) is 8.12. The van der Waals surface area contributed by atoms with Crippen molar-refractivity contribution in [2.24, 2.45) is 0 Å². The highest BCUT2D eigenvalue weighted by Gasteiger charge is 2.25. The van der Waals surface area contributed by atoms with E-state index in [-0.39, 0.29) is 27.1 Å². The van der Waals surface area contributed by atoms with E-state index in [1.165, 1.54) is 22.5 Å². The first-order chi connectivity index (χ1) is 8.88. The Morgan fingerprint density at radius 1 is 1.26 bits per heavy atom. The van der Waals surface area contributed by atoms with Gasteiger partial charge in [0.15, 0.2) is 5.78 Å². The molecule has 0 aliphatic carbocycles. The van der Waals surface area contributed by atoms with Crippen molar-refractivity contribution in [2.45, 2.75) is 18.7 Å². The van der Waals surface area contributed by atoms with Gasteiger partial charge in [-0.2, -0.15) is 4.31 Å². The van der Waals surface area contributed by atoms with Crippen LogP contribution in [0.25, 0.3) is 0 Å². The molecule has 0 saturated carbocycles. The minimum atomic E-state index is -3.69. The van der Waals surface area contributed by atoms with Crippen LogP contribution in [0.15, 0.2) is 23.1 Å². The van der Waals surface area contributed by atoms with Crippen molar-refractivity contribution in [1.29, 1.82) is 0 Å². The van der Waals surface area contributed by atoms with E-state index in [0.717, 1.165) is 0 Å². The van der Waals surface area contributed by atoms with Crippen LogP contribution in [-0.4, -0.2) is 37.5 Å². The predicted octanol–water partition coefficient (Wildman–Crippen LogP) is 2.79. The second kappa shape index (κ2) is 6.70. The van der Waals surface area contributed by atoms with Gasteiger partial charge < -0.3 is 0 Å². The number of rotatable bonds is 6. The van der Waals surface area contributed by atoms with E-state index in [1.54, 1.807) is 13.8 Å². The van der Waals surface area contributed by atoms with E-state index >= 15 is 0 Å². The number of alkyl halides is 1. The largest absolute Gasteiger partial charge is 0.293 e. The SMILES string of the molecule is CCN(CC)S(=O)(=O)c1cc(C(=O)CCl)ccc1Cl. The summed E-state index contributed by atoms with van der Waals surface area (Å²) in [5.41, 5.74) is 0.241. The van der Waals surface area contributed by atoms with Crippen molar-refractivity contribution in [3.8, 4) is 0 Å². The third-order valence-electron chi connectivity index (χ3n) is 2.70. The third kappa shape index (κ3) is 3.48. The molecule has 0 spiro atoms. The molecule has 1 rings (SSSR count). The fourth-order valence-corrected chi connectivity index (χ4v) is 3.77. The highest BCUT2D eigenvalue weighted by Crippen LogP contribution is 2.26. The maximum absolute atomic E-state index is 12.4. The summed E-state index contributed by atoms with van der Waals surface area (Å²) in [7, 11) is -3.69. The Labute approximate surface area is 123 Å². The molecule has 0 bridgehead atoms. The van der Waals surface area contributed by atoms with Crippen LogP contribution < -0.4 is 0 Å². The van der Waals surface area contributed by atoms with Gasteiger partial charge in [0.25, 0.3) is 0 Å². The van der Waals surface area contributed by atoms with Gasteiger partial charge in [-0.3, -0.25) is 4.79 Å². The highest BCUT2D eigenvalue weighted by molar-refractivity contribution is 7.89. The lowest BCUT2D eigenvalue weighted by atomic mass is 10.1. The summed E-state index contributed by atoms with van der Waals surface area (Å²) in [6.07, 6.45) is 0. The van der Waals surface area contributed by atoms with Crippen LogP contribution in [0.5, 0.6) is 0 Å². The number of hydrogen-bond acceptors (Lipinski definition) is 3. The smallest absolute Gasteiger partial charge is 0.244 e. The van der Waals surface area contributed by atoms with Crippen LogP contribution in [0.4, 0.5) is 0 Å². The number of ketones is 1. The molecule has 0 fully saturated rings. The summed E-state index contributed by atoms with van der Waals surface area (Å²) in [5, 5.41) is 0.0954. The van der Waals surface area contributed by atoms with Crippen molar-refractivity contribution < 1.29 is 13.2 Å². The molecule has 4 nitrogen and oxygen atoms in total. The van der Waals surface area contributed by atoms with Crippen molar-refractivity contribution in [1.82, 2.24) is 4.31 Å². The standard InChI is InChI=1S/C12H15Cl2NO3S/c1-3-15(4-2)19(17,18)12-7-9(11(16)8-13)5-6-10(12)14/h5-7H,3-4,8H2,1-2H3. The van der Waals surface area contributed by atoms with Crippen LogP contribution >= 0.6 is 23.2 Å². The Balaban J connectivity index is 3.37. The van der Waals surface area contributed by atoms with E-state index in [4.69, 9.17) is 23.2 Å². The van der Waals surface area contributed by atoms with Crippen LogP contribution in [0.3, 0.4) is 0 Å². The summed E-state index contributed by atoms with van der Waals surface area (Å²) >= 11 is 11.4. The monoisotopic (exact) mass is 323 g/mol. The third-order valence-corrected chi connectivity index (χ3v) is 5.47. The summed E-state index contributed by atoms with van der Waals surface area (Å²) in [6, 6.07) is 4.15. The van der Waals surface area contributed by atoms with Gasteiger partial charge in [0.2, 0.25) is 10.0 Å². The van der Waals surface area contributed by atoms with Crippen LogP contribution in [0.1, 0.15) is 24.2 Å². The summed E-state index contributed by atoms with van der Waals surface area (Å²) in [6.45, 7) is 4.15. The van der Waals surface area contributed by atoms with Gasteiger partial charge in [-0.1, -0.05) is 25.4 Å². The highest BCUT2D eigenvalue weighted by atomic mass is 35.5. The van der Waals surface area contributed by atoms with Gasteiger partial charge in [0, 0.05) is 18.7 Å². The summed E-state index contributed by atoms with van der Waals surface area (Å²) in [5.74, 6) is -0.541. The van der Waals surface area contributed by atoms with E-state index in [9.17, 15) is 13.2 Å². The van der Waals surface area contributed by atoms with Crippen LogP contribution in [0, 0.1) is 0 Å². The molecule has 7 heteroatoms. The molecular formula is C12H15Cl2NO3S. The molecule has 0 aliphatic rings. The lowest BCUT2D eigenvalue weighted by Crippen LogP contribution is -2.31. The number of carbonyl (C=O) groups is 1. The van der Waals surface area contributed by atoms with Gasteiger partial charge in [-0.25, -0.2) is 8.42 Å². The maximum atomic E-state index is 12.4. The Kier molecular flexibility index (Phi) is 5.80. The van der Waals surface area contributed by atoms with Gasteiger partial charge in [-0.15, -0.1) is 11.6 Å². The van der Waals surface area contributed by atoms with Crippen molar-refractivity contribution >= 4 is 39.0 Å². The number of nitrogens with zero attached hydrogens (tertiary/aromatic N) is 1. The zero-order valence-electron chi connectivity index (χ0n) is 10.7. The van der Waals surface area contributed by atoms with Crippen molar-refractivity contribution in [2.75, 3.05) is 19.0 Å². The Morgan fingerprint density at radius 2 is 1.84 bits per heavy atom. The number of halogens is 2. The Bertz CT molecular complexity index is 568. The molecule has 1 aromatic carbocycles. The normalized spacial score (nSPS) is 11.8. The number of sulfonamides is 1. The molecule has 1 aromatic rings. The van der Waals surface area contributed by atoms with Crippen molar-refractivity contribution in [3.63, 3.8) is 0 Å². The number of hydrogen-bond donors (Lipinski definition) is 0. The number of benzene rings is 1. The second-order valence-electron chi connectivity index (χ2n) is 3.79. The topological polar surface area (TPSA) is 54.5 Å².